The molecule has 1 heterocycles. The fourth-order valence-electron chi connectivity index (χ4n) is 1.93. The number of anilines is 2. The third kappa shape index (κ3) is 2.60. The Morgan fingerprint density at radius 2 is 1.75 bits per heavy atom. The number of thiazole rings is 1. The summed E-state index contributed by atoms with van der Waals surface area (Å²) in [5.74, 6) is -0.00784. The van der Waals surface area contributed by atoms with E-state index in [1.165, 1.54) is 11.3 Å². The maximum absolute atomic E-state index is 12.4. The van der Waals surface area contributed by atoms with E-state index in [4.69, 9.17) is 0 Å². The number of hydrogen-bond acceptors (Lipinski definition) is 4. The molecule has 0 aliphatic rings. The predicted octanol–water partition coefficient (Wildman–Crippen LogP) is 4.12. The highest BCUT2D eigenvalue weighted by Gasteiger charge is 2.14. The number of carbonyl (C=O) groups excluding carboxylic acids is 1. The standard InChI is InChI=1S/C16H12N2OS/c19-16(15-10-17-11-20-15)13-8-4-5-9-14(13)18-12-6-2-1-3-7-12/h1-11,18H. The van der Waals surface area contributed by atoms with Crippen molar-refractivity contribution in [2.24, 2.45) is 0 Å². The van der Waals surface area contributed by atoms with Crippen molar-refractivity contribution in [1.82, 2.24) is 4.98 Å². The molecular weight excluding hydrogens is 268 g/mol. The molecule has 98 valence electrons. The second kappa shape index (κ2) is 5.67. The highest BCUT2D eigenvalue weighted by atomic mass is 32.1. The number of para-hydroxylation sites is 2. The first-order valence-corrected chi connectivity index (χ1v) is 7.07. The molecule has 2 aromatic carbocycles. The van der Waals surface area contributed by atoms with Gasteiger partial charge in [-0.25, -0.2) is 0 Å². The van der Waals surface area contributed by atoms with E-state index in [-0.39, 0.29) is 5.78 Å². The van der Waals surface area contributed by atoms with Crippen molar-refractivity contribution >= 4 is 28.5 Å². The molecule has 0 bridgehead atoms. The molecule has 0 fully saturated rings. The lowest BCUT2D eigenvalue weighted by Crippen LogP contribution is -2.03. The maximum atomic E-state index is 12.4. The molecule has 4 heteroatoms. The summed E-state index contributed by atoms with van der Waals surface area (Å²) < 4.78 is 0. The Morgan fingerprint density at radius 3 is 2.50 bits per heavy atom. The average molecular weight is 280 g/mol. The topological polar surface area (TPSA) is 42.0 Å². The van der Waals surface area contributed by atoms with E-state index < -0.39 is 0 Å². The van der Waals surface area contributed by atoms with Crippen LogP contribution in [0.3, 0.4) is 0 Å². The van der Waals surface area contributed by atoms with Crippen LogP contribution in [0.1, 0.15) is 15.2 Å². The number of carbonyl (C=O) groups is 1. The van der Waals surface area contributed by atoms with E-state index in [1.54, 1.807) is 11.7 Å². The summed E-state index contributed by atoms with van der Waals surface area (Å²) in [7, 11) is 0. The Hall–Kier alpha value is -2.46. The van der Waals surface area contributed by atoms with Gasteiger partial charge in [-0.2, -0.15) is 0 Å². The van der Waals surface area contributed by atoms with Gasteiger partial charge in [0.15, 0.2) is 0 Å². The van der Waals surface area contributed by atoms with E-state index in [0.29, 0.717) is 10.4 Å². The van der Waals surface area contributed by atoms with Gasteiger partial charge in [0.05, 0.1) is 10.4 Å². The molecule has 0 amide bonds. The zero-order chi connectivity index (χ0) is 13.8. The Labute approximate surface area is 120 Å². The summed E-state index contributed by atoms with van der Waals surface area (Å²) in [6.45, 7) is 0. The smallest absolute Gasteiger partial charge is 0.206 e. The van der Waals surface area contributed by atoms with Crippen molar-refractivity contribution in [3.63, 3.8) is 0 Å². The fourth-order valence-corrected chi connectivity index (χ4v) is 2.50. The molecule has 0 radical (unpaired) electrons. The Balaban J connectivity index is 1.95. The summed E-state index contributed by atoms with van der Waals surface area (Å²) in [6, 6.07) is 17.3. The van der Waals surface area contributed by atoms with Crippen LogP contribution in [0.5, 0.6) is 0 Å². The monoisotopic (exact) mass is 280 g/mol. The molecule has 20 heavy (non-hydrogen) atoms. The largest absolute Gasteiger partial charge is 0.355 e. The predicted molar refractivity (Wildman–Crippen MR) is 81.7 cm³/mol. The molecule has 3 nitrogen and oxygen atoms in total. The first-order chi connectivity index (χ1) is 9.84. The Bertz CT molecular complexity index is 708. The van der Waals surface area contributed by atoms with Gasteiger partial charge < -0.3 is 5.32 Å². The molecule has 3 aromatic rings. The van der Waals surface area contributed by atoms with Gasteiger partial charge in [0, 0.05) is 23.1 Å². The second-order valence-corrected chi connectivity index (χ2v) is 5.12. The van der Waals surface area contributed by atoms with E-state index in [2.05, 4.69) is 10.3 Å². The lowest BCUT2D eigenvalue weighted by atomic mass is 10.1. The van der Waals surface area contributed by atoms with Crippen LogP contribution in [0.4, 0.5) is 11.4 Å². The summed E-state index contributed by atoms with van der Waals surface area (Å²) >= 11 is 1.35. The van der Waals surface area contributed by atoms with Crippen LogP contribution in [-0.2, 0) is 0 Å². The molecule has 0 atom stereocenters. The number of hydrogen-bond donors (Lipinski definition) is 1. The molecule has 3 rings (SSSR count). The van der Waals surface area contributed by atoms with Gasteiger partial charge in [0.2, 0.25) is 5.78 Å². The number of nitrogens with one attached hydrogen (secondary N) is 1. The minimum absolute atomic E-state index is 0.00784. The fraction of sp³-hybridized carbons (Fsp3) is 0. The first-order valence-electron chi connectivity index (χ1n) is 6.19. The second-order valence-electron chi connectivity index (χ2n) is 4.23. The quantitative estimate of drug-likeness (QED) is 0.731. The molecule has 0 aliphatic carbocycles. The van der Waals surface area contributed by atoms with Crippen molar-refractivity contribution in [3.05, 3.63) is 76.7 Å². The van der Waals surface area contributed by atoms with Crippen LogP contribution in [0.15, 0.2) is 66.3 Å². The minimum Gasteiger partial charge on any atom is -0.355 e. The molecule has 1 N–H and O–H groups in total. The molecule has 0 saturated heterocycles. The van der Waals surface area contributed by atoms with Gasteiger partial charge >= 0.3 is 0 Å². The summed E-state index contributed by atoms with van der Waals surface area (Å²) in [5, 5.41) is 3.28. The normalized spacial score (nSPS) is 10.2. The number of benzene rings is 2. The third-order valence-corrected chi connectivity index (χ3v) is 3.65. The van der Waals surface area contributed by atoms with Crippen LogP contribution >= 0.6 is 11.3 Å². The minimum atomic E-state index is -0.00784. The molecule has 1 aromatic heterocycles. The molecule has 0 saturated carbocycles. The molecular formula is C16H12N2OS. The van der Waals surface area contributed by atoms with E-state index in [9.17, 15) is 4.79 Å². The van der Waals surface area contributed by atoms with Gasteiger partial charge in [-0.05, 0) is 24.3 Å². The van der Waals surface area contributed by atoms with Crippen molar-refractivity contribution in [3.8, 4) is 0 Å². The zero-order valence-electron chi connectivity index (χ0n) is 10.6. The average Bonchev–Trinajstić information content (AvgIpc) is 3.02. The Morgan fingerprint density at radius 1 is 1.00 bits per heavy atom. The Kier molecular flexibility index (Phi) is 3.56. The van der Waals surface area contributed by atoms with Gasteiger partial charge in [0.1, 0.15) is 0 Å². The molecule has 0 spiro atoms. The van der Waals surface area contributed by atoms with Gasteiger partial charge in [-0.15, -0.1) is 11.3 Å². The number of nitrogens with zero attached hydrogens (tertiary/aromatic N) is 1. The van der Waals surface area contributed by atoms with Gasteiger partial charge in [-0.3, -0.25) is 9.78 Å². The summed E-state index contributed by atoms with van der Waals surface area (Å²) in [5.41, 5.74) is 4.08. The summed E-state index contributed by atoms with van der Waals surface area (Å²) in [4.78, 5) is 17.1. The van der Waals surface area contributed by atoms with Crippen LogP contribution in [0.2, 0.25) is 0 Å². The van der Waals surface area contributed by atoms with Crippen molar-refractivity contribution in [2.45, 2.75) is 0 Å². The summed E-state index contributed by atoms with van der Waals surface area (Å²) in [6.07, 6.45) is 1.60. The van der Waals surface area contributed by atoms with E-state index in [1.807, 2.05) is 54.6 Å². The van der Waals surface area contributed by atoms with Gasteiger partial charge in [-0.1, -0.05) is 30.3 Å². The lowest BCUT2D eigenvalue weighted by Gasteiger charge is -2.10. The van der Waals surface area contributed by atoms with Crippen molar-refractivity contribution < 1.29 is 4.79 Å². The van der Waals surface area contributed by atoms with Crippen LogP contribution in [0.25, 0.3) is 0 Å². The highest BCUT2D eigenvalue weighted by Crippen LogP contribution is 2.24. The lowest BCUT2D eigenvalue weighted by molar-refractivity contribution is 0.104. The highest BCUT2D eigenvalue weighted by molar-refractivity contribution is 7.11. The van der Waals surface area contributed by atoms with Crippen LogP contribution in [0, 0.1) is 0 Å². The van der Waals surface area contributed by atoms with Crippen molar-refractivity contribution in [1.29, 1.82) is 0 Å². The molecule has 0 aliphatic heterocycles. The van der Waals surface area contributed by atoms with Crippen LogP contribution < -0.4 is 5.32 Å². The SMILES string of the molecule is O=C(c1cncs1)c1ccccc1Nc1ccccc1. The van der Waals surface area contributed by atoms with Crippen molar-refractivity contribution in [2.75, 3.05) is 5.32 Å². The number of aromatic nitrogens is 1. The van der Waals surface area contributed by atoms with E-state index >= 15 is 0 Å². The van der Waals surface area contributed by atoms with Gasteiger partial charge in [0.25, 0.3) is 0 Å². The zero-order valence-corrected chi connectivity index (χ0v) is 11.4. The number of ketones is 1. The maximum Gasteiger partial charge on any atom is 0.206 e. The third-order valence-electron chi connectivity index (χ3n) is 2.88. The number of rotatable bonds is 4. The van der Waals surface area contributed by atoms with Crippen LogP contribution in [-0.4, -0.2) is 10.8 Å². The first kappa shape index (κ1) is 12.6. The molecule has 0 unspecified atom stereocenters. The van der Waals surface area contributed by atoms with E-state index in [0.717, 1.165) is 11.4 Å².